The molecule has 1 N–H and O–H groups in total. The smallest absolute Gasteiger partial charge is 0.178 e. The fourth-order valence-electron chi connectivity index (χ4n) is 3.70. The van der Waals surface area contributed by atoms with Crippen LogP contribution in [0.5, 0.6) is 0 Å². The highest BCUT2D eigenvalue weighted by molar-refractivity contribution is 5.13. The van der Waals surface area contributed by atoms with E-state index in [1.807, 2.05) is 75.4 Å². The molecule has 3 aliphatic rings. The molecule has 0 bridgehead atoms. The Balaban J connectivity index is 1.25. The minimum absolute atomic E-state index is 0.184. The van der Waals surface area contributed by atoms with Gasteiger partial charge in [-0.3, -0.25) is 0 Å². The number of rotatable bonds is 7. The molecule has 0 amide bonds. The van der Waals surface area contributed by atoms with Crippen LogP contribution in [-0.4, -0.2) is 60.6 Å². The van der Waals surface area contributed by atoms with Gasteiger partial charge in [-0.1, -0.05) is 48.6 Å². The Hall–Kier alpha value is -1.84. The number of ether oxygens (including phenoxy) is 6. The maximum atomic E-state index is 9.72. The average molecular weight is 445 g/mol. The Morgan fingerprint density at radius 1 is 0.688 bits per heavy atom. The number of aliphatic hydroxyl groups is 1. The van der Waals surface area contributed by atoms with Crippen molar-refractivity contribution in [2.24, 2.45) is 0 Å². The molecule has 4 rings (SSSR count). The Kier molecular flexibility index (Phi) is 7.91. The van der Waals surface area contributed by atoms with Crippen molar-refractivity contribution in [2.75, 3.05) is 0 Å². The predicted molar refractivity (Wildman–Crippen MR) is 117 cm³/mol. The zero-order valence-corrected chi connectivity index (χ0v) is 18.7. The van der Waals surface area contributed by atoms with Crippen LogP contribution in [0.2, 0.25) is 0 Å². The molecule has 32 heavy (non-hydrogen) atoms. The van der Waals surface area contributed by atoms with Crippen molar-refractivity contribution < 1.29 is 33.5 Å². The molecule has 0 fully saturated rings. The summed E-state index contributed by atoms with van der Waals surface area (Å²) in [6.45, 7) is 6.18. The molecule has 0 saturated carbocycles. The van der Waals surface area contributed by atoms with E-state index in [4.69, 9.17) is 28.4 Å². The van der Waals surface area contributed by atoms with E-state index in [2.05, 4.69) is 0 Å². The van der Waals surface area contributed by atoms with Crippen LogP contribution in [0.4, 0.5) is 0 Å². The van der Waals surface area contributed by atoms with E-state index in [1.165, 1.54) is 0 Å². The lowest BCUT2D eigenvalue weighted by molar-refractivity contribution is -0.243. The Bertz CT molecular complexity index is 808. The normalized spacial score (nSPS) is 39.3. The van der Waals surface area contributed by atoms with Crippen LogP contribution >= 0.6 is 0 Å². The minimum Gasteiger partial charge on any atom is -0.386 e. The molecule has 0 radical (unpaired) electrons. The van der Waals surface area contributed by atoms with Gasteiger partial charge in [0.05, 0.1) is 31.0 Å². The van der Waals surface area contributed by atoms with E-state index in [0.717, 1.165) is 5.56 Å². The molecule has 1 aromatic rings. The lowest BCUT2D eigenvalue weighted by atomic mass is 10.1. The fraction of sp³-hybridized carbons (Fsp3) is 0.520. The van der Waals surface area contributed by atoms with Gasteiger partial charge >= 0.3 is 0 Å². The summed E-state index contributed by atoms with van der Waals surface area (Å²) < 4.78 is 35.5. The topological polar surface area (TPSA) is 75.6 Å². The second-order valence-corrected chi connectivity index (χ2v) is 8.27. The van der Waals surface area contributed by atoms with Crippen molar-refractivity contribution in [3.63, 3.8) is 0 Å². The maximum absolute atomic E-state index is 9.72. The Labute approximate surface area is 189 Å². The van der Waals surface area contributed by atoms with Gasteiger partial charge in [-0.15, -0.1) is 0 Å². The number of hydrogen-bond acceptors (Lipinski definition) is 7. The van der Waals surface area contributed by atoms with E-state index >= 15 is 0 Å². The molecule has 0 saturated heterocycles. The van der Waals surface area contributed by atoms with Gasteiger partial charge < -0.3 is 33.5 Å². The molecule has 0 aliphatic carbocycles. The third-order valence-corrected chi connectivity index (χ3v) is 5.67. The summed E-state index contributed by atoms with van der Waals surface area (Å²) in [5.41, 5.74) is 1.10. The van der Waals surface area contributed by atoms with Gasteiger partial charge in [0.2, 0.25) is 0 Å². The first-order valence-electron chi connectivity index (χ1n) is 11.1. The molecule has 3 heterocycles. The van der Waals surface area contributed by atoms with Crippen molar-refractivity contribution in [3.8, 4) is 0 Å². The van der Waals surface area contributed by atoms with Crippen LogP contribution < -0.4 is 0 Å². The third-order valence-electron chi connectivity index (χ3n) is 5.67. The van der Waals surface area contributed by atoms with E-state index in [0.29, 0.717) is 6.61 Å². The van der Waals surface area contributed by atoms with E-state index in [9.17, 15) is 5.11 Å². The van der Waals surface area contributed by atoms with Gasteiger partial charge in [-0.2, -0.15) is 0 Å². The van der Waals surface area contributed by atoms with Crippen LogP contribution in [0.25, 0.3) is 0 Å². The molecular weight excluding hydrogens is 412 g/mol. The van der Waals surface area contributed by atoms with Crippen LogP contribution in [0.3, 0.4) is 0 Å². The molecular formula is C25H32O7. The highest BCUT2D eigenvalue weighted by atomic mass is 16.7. The number of hydrogen-bond donors (Lipinski definition) is 1. The Morgan fingerprint density at radius 2 is 1.22 bits per heavy atom. The first kappa shape index (κ1) is 23.3. The molecule has 7 heteroatoms. The van der Waals surface area contributed by atoms with Crippen LogP contribution in [-0.2, 0) is 35.0 Å². The van der Waals surface area contributed by atoms with Crippen LogP contribution in [0, 0.1) is 0 Å². The van der Waals surface area contributed by atoms with E-state index < -0.39 is 25.0 Å². The van der Waals surface area contributed by atoms with Crippen LogP contribution in [0.1, 0.15) is 26.3 Å². The molecule has 9 atom stereocenters. The Morgan fingerprint density at radius 3 is 1.81 bits per heavy atom. The molecule has 7 nitrogen and oxygen atoms in total. The average Bonchev–Trinajstić information content (AvgIpc) is 2.79. The summed E-state index contributed by atoms with van der Waals surface area (Å²) in [6, 6.07) is 10.00. The first-order valence-corrected chi connectivity index (χ1v) is 11.1. The molecule has 1 aromatic carbocycles. The van der Waals surface area contributed by atoms with Gasteiger partial charge in [-0.05, 0) is 44.6 Å². The summed E-state index contributed by atoms with van der Waals surface area (Å²) >= 11 is 0. The zero-order chi connectivity index (χ0) is 22.5. The molecule has 0 spiro atoms. The highest BCUT2D eigenvalue weighted by Gasteiger charge is 2.32. The lowest BCUT2D eigenvalue weighted by Gasteiger charge is -2.36. The van der Waals surface area contributed by atoms with E-state index in [1.54, 1.807) is 12.2 Å². The second kappa shape index (κ2) is 10.9. The summed E-state index contributed by atoms with van der Waals surface area (Å²) in [5.74, 6) is 0. The first-order chi connectivity index (χ1) is 15.5. The van der Waals surface area contributed by atoms with Crippen LogP contribution in [0.15, 0.2) is 66.8 Å². The van der Waals surface area contributed by atoms with Gasteiger partial charge in [0.1, 0.15) is 12.2 Å². The minimum atomic E-state index is -0.612. The lowest BCUT2D eigenvalue weighted by Crippen LogP contribution is -2.43. The maximum Gasteiger partial charge on any atom is 0.178 e. The van der Waals surface area contributed by atoms with Crippen molar-refractivity contribution in [1.29, 1.82) is 0 Å². The predicted octanol–water partition coefficient (Wildman–Crippen LogP) is 3.24. The second-order valence-electron chi connectivity index (χ2n) is 8.27. The molecule has 0 aromatic heterocycles. The van der Waals surface area contributed by atoms with Crippen molar-refractivity contribution in [3.05, 3.63) is 72.4 Å². The fourth-order valence-corrected chi connectivity index (χ4v) is 3.70. The highest BCUT2D eigenvalue weighted by Crippen LogP contribution is 2.25. The summed E-state index contributed by atoms with van der Waals surface area (Å²) in [4.78, 5) is 0. The molecule has 0 unspecified atom stereocenters. The summed E-state index contributed by atoms with van der Waals surface area (Å²) in [6.07, 6.45) is 7.71. The molecule has 3 aliphatic heterocycles. The third kappa shape index (κ3) is 6.14. The largest absolute Gasteiger partial charge is 0.386 e. The number of aliphatic hydroxyl groups excluding tert-OH is 1. The summed E-state index contributed by atoms with van der Waals surface area (Å²) in [7, 11) is 0. The van der Waals surface area contributed by atoms with Gasteiger partial charge in [0.25, 0.3) is 0 Å². The van der Waals surface area contributed by atoms with Crippen molar-refractivity contribution in [2.45, 2.75) is 82.9 Å². The SMILES string of the molecule is C[C@H]1O[C@H](OCc2ccccc2)C=C[C@@H]1O[C@@H]1C=C[C@H](O[C@@H]2C=C[C@H](O)[C@@H](C)O2)[C@@H](C)O1. The van der Waals surface area contributed by atoms with Crippen molar-refractivity contribution >= 4 is 0 Å². The zero-order valence-electron chi connectivity index (χ0n) is 18.7. The summed E-state index contributed by atoms with van der Waals surface area (Å²) in [5, 5.41) is 9.72. The standard InChI is InChI=1S/C25H32O7/c1-16-20(26)9-12-24(28-16)31-22-11-14-25(30-18(22)3)32-21-10-13-23(29-17(21)2)27-15-19-7-5-4-6-8-19/h4-14,16-18,20-26H,15H2,1-3H3/t16-,17-,18-,20+,21+,22+,23+,24-,25-/m1/s1. The van der Waals surface area contributed by atoms with E-state index in [-0.39, 0.29) is 30.5 Å². The van der Waals surface area contributed by atoms with Gasteiger partial charge in [0.15, 0.2) is 18.9 Å². The van der Waals surface area contributed by atoms with Gasteiger partial charge in [0, 0.05) is 0 Å². The monoisotopic (exact) mass is 444 g/mol. The molecule has 174 valence electrons. The van der Waals surface area contributed by atoms with Crippen molar-refractivity contribution in [1.82, 2.24) is 0 Å². The van der Waals surface area contributed by atoms with Gasteiger partial charge in [-0.25, -0.2) is 0 Å². The quantitative estimate of drug-likeness (QED) is 0.647. The number of benzene rings is 1.